The Morgan fingerprint density at radius 2 is 2.16 bits per heavy atom. The van der Waals surface area contributed by atoms with Gasteiger partial charge in [-0.3, -0.25) is 4.79 Å². The number of aromatic nitrogens is 3. The monoisotopic (exact) mass is 277 g/mol. The largest absolute Gasteiger partial charge is 0.486 e. The Labute approximate surface area is 113 Å². The van der Waals surface area contributed by atoms with Crippen molar-refractivity contribution >= 4 is 17.5 Å². The number of benzene rings is 1. The Balaban J connectivity index is 1.69. The molecule has 2 heterocycles. The van der Waals surface area contributed by atoms with Crippen LogP contribution in [0.2, 0.25) is 0 Å². The van der Waals surface area contributed by atoms with E-state index in [4.69, 9.17) is 9.47 Å². The third-order valence-corrected chi connectivity index (χ3v) is 3.51. The number of Topliss-reactive ketones (excluding diaryl/α,β-unsaturated/α-hetero) is 1. The molecule has 19 heavy (non-hydrogen) atoms. The van der Waals surface area contributed by atoms with Gasteiger partial charge >= 0.3 is 0 Å². The standard InChI is InChI=1S/C12H11N3O3S/c16-9(7-19-12-6-13-15-14-12)8-1-2-10-11(5-8)18-4-3-17-10/h1-2,5-6H,3-4,7H2,(H,13,14,15). The van der Waals surface area contributed by atoms with Crippen LogP contribution in [-0.2, 0) is 0 Å². The second kappa shape index (κ2) is 5.31. The number of thioether (sulfide) groups is 1. The van der Waals surface area contributed by atoms with Gasteiger partial charge in [0.25, 0.3) is 0 Å². The van der Waals surface area contributed by atoms with Gasteiger partial charge in [0.1, 0.15) is 18.2 Å². The number of nitrogens with one attached hydrogen (secondary N) is 1. The van der Waals surface area contributed by atoms with Crippen molar-refractivity contribution in [3.8, 4) is 11.5 Å². The van der Waals surface area contributed by atoms with Crippen molar-refractivity contribution < 1.29 is 14.3 Å². The minimum atomic E-state index is 0.0185. The fraction of sp³-hybridized carbons (Fsp3) is 0.250. The van der Waals surface area contributed by atoms with Crippen molar-refractivity contribution in [2.24, 2.45) is 0 Å². The number of carbonyl (C=O) groups is 1. The summed E-state index contributed by atoms with van der Waals surface area (Å²) in [6.07, 6.45) is 1.59. The summed E-state index contributed by atoms with van der Waals surface area (Å²) in [7, 11) is 0. The van der Waals surface area contributed by atoms with E-state index in [0.717, 1.165) is 0 Å². The predicted octanol–water partition coefficient (Wildman–Crippen LogP) is 1.55. The maximum Gasteiger partial charge on any atom is 0.173 e. The summed E-state index contributed by atoms with van der Waals surface area (Å²) in [6.45, 7) is 1.06. The summed E-state index contributed by atoms with van der Waals surface area (Å²) < 4.78 is 10.9. The van der Waals surface area contributed by atoms with E-state index in [1.165, 1.54) is 11.8 Å². The van der Waals surface area contributed by atoms with Gasteiger partial charge in [0.15, 0.2) is 17.3 Å². The maximum atomic E-state index is 12.1. The molecule has 98 valence electrons. The van der Waals surface area contributed by atoms with E-state index >= 15 is 0 Å². The number of ether oxygens (including phenoxy) is 2. The quantitative estimate of drug-likeness (QED) is 0.675. The Morgan fingerprint density at radius 3 is 2.95 bits per heavy atom. The highest BCUT2D eigenvalue weighted by molar-refractivity contribution is 7.99. The minimum Gasteiger partial charge on any atom is -0.486 e. The molecule has 0 atom stereocenters. The lowest BCUT2D eigenvalue weighted by molar-refractivity contribution is 0.102. The Hall–Kier alpha value is -2.02. The molecule has 0 saturated carbocycles. The molecule has 3 rings (SSSR count). The number of fused-ring (bicyclic) bond motifs is 1. The normalized spacial score (nSPS) is 13.3. The first kappa shape index (κ1) is 12.0. The van der Waals surface area contributed by atoms with Crippen LogP contribution in [0.1, 0.15) is 10.4 Å². The van der Waals surface area contributed by atoms with Crippen molar-refractivity contribution in [2.75, 3.05) is 19.0 Å². The fourth-order valence-electron chi connectivity index (χ4n) is 1.70. The SMILES string of the molecule is O=C(CSc1cn[nH]n1)c1ccc2c(c1)OCCO2. The van der Waals surface area contributed by atoms with Gasteiger partial charge in [-0.2, -0.15) is 10.3 Å². The second-order valence-electron chi connectivity index (χ2n) is 3.88. The number of hydrogen-bond acceptors (Lipinski definition) is 6. The Morgan fingerprint density at radius 1 is 1.32 bits per heavy atom. The first-order chi connectivity index (χ1) is 9.33. The average Bonchev–Trinajstić information content (AvgIpc) is 2.97. The summed E-state index contributed by atoms with van der Waals surface area (Å²) in [6, 6.07) is 5.24. The lowest BCUT2D eigenvalue weighted by Gasteiger charge is -2.18. The van der Waals surface area contributed by atoms with Gasteiger partial charge < -0.3 is 9.47 Å². The lowest BCUT2D eigenvalue weighted by atomic mass is 10.1. The topological polar surface area (TPSA) is 77.1 Å². The summed E-state index contributed by atoms with van der Waals surface area (Å²) in [5.74, 6) is 1.65. The fourth-order valence-corrected chi connectivity index (χ4v) is 2.38. The van der Waals surface area contributed by atoms with Crippen LogP contribution >= 0.6 is 11.8 Å². The highest BCUT2D eigenvalue weighted by Crippen LogP contribution is 2.31. The molecule has 0 unspecified atom stereocenters. The lowest BCUT2D eigenvalue weighted by Crippen LogP contribution is -2.16. The molecule has 1 aliphatic heterocycles. The molecule has 1 aromatic heterocycles. The van der Waals surface area contributed by atoms with E-state index in [-0.39, 0.29) is 5.78 Å². The molecule has 0 saturated heterocycles. The van der Waals surface area contributed by atoms with E-state index in [2.05, 4.69) is 15.4 Å². The Kier molecular flexibility index (Phi) is 3.37. The molecule has 0 spiro atoms. The number of H-pyrrole nitrogens is 1. The number of nitrogens with zero attached hydrogens (tertiary/aromatic N) is 2. The molecule has 0 fully saturated rings. The molecule has 1 aromatic carbocycles. The van der Waals surface area contributed by atoms with Crippen LogP contribution in [0.15, 0.2) is 29.4 Å². The van der Waals surface area contributed by atoms with Crippen molar-refractivity contribution in [3.05, 3.63) is 30.0 Å². The first-order valence-corrected chi connectivity index (χ1v) is 6.73. The molecule has 0 amide bonds. The van der Waals surface area contributed by atoms with Crippen LogP contribution in [0.4, 0.5) is 0 Å². The van der Waals surface area contributed by atoms with Crippen LogP contribution in [-0.4, -0.2) is 40.2 Å². The van der Waals surface area contributed by atoms with Gasteiger partial charge in [0.05, 0.1) is 11.9 Å². The van der Waals surface area contributed by atoms with Crippen LogP contribution in [0.5, 0.6) is 11.5 Å². The number of rotatable bonds is 4. The van der Waals surface area contributed by atoms with Crippen molar-refractivity contribution in [2.45, 2.75) is 5.03 Å². The molecule has 1 aliphatic rings. The number of ketones is 1. The average molecular weight is 277 g/mol. The van der Waals surface area contributed by atoms with E-state index in [0.29, 0.717) is 41.1 Å². The minimum absolute atomic E-state index is 0.0185. The Bertz CT molecular complexity index is 586. The molecular formula is C12H11N3O3S. The van der Waals surface area contributed by atoms with Crippen LogP contribution in [0.3, 0.4) is 0 Å². The first-order valence-electron chi connectivity index (χ1n) is 5.74. The van der Waals surface area contributed by atoms with Gasteiger partial charge in [0, 0.05) is 5.56 Å². The van der Waals surface area contributed by atoms with Crippen molar-refractivity contribution in [1.82, 2.24) is 15.4 Å². The van der Waals surface area contributed by atoms with Gasteiger partial charge in [-0.15, -0.1) is 5.10 Å². The molecule has 0 bridgehead atoms. The van der Waals surface area contributed by atoms with Crippen LogP contribution in [0.25, 0.3) is 0 Å². The smallest absolute Gasteiger partial charge is 0.173 e. The molecule has 0 aliphatic carbocycles. The van der Waals surface area contributed by atoms with Crippen LogP contribution < -0.4 is 9.47 Å². The third kappa shape index (κ3) is 2.70. The summed E-state index contributed by atoms with van der Waals surface area (Å²) in [4.78, 5) is 12.1. The van der Waals surface area contributed by atoms with E-state index < -0.39 is 0 Å². The van der Waals surface area contributed by atoms with Crippen LogP contribution in [0, 0.1) is 0 Å². The van der Waals surface area contributed by atoms with E-state index in [1.807, 2.05) is 0 Å². The third-order valence-electron chi connectivity index (χ3n) is 2.61. The zero-order valence-electron chi connectivity index (χ0n) is 9.96. The number of aromatic amines is 1. The predicted molar refractivity (Wildman–Crippen MR) is 68.9 cm³/mol. The molecular weight excluding hydrogens is 266 g/mol. The number of carbonyl (C=O) groups excluding carboxylic acids is 1. The van der Waals surface area contributed by atoms with E-state index in [1.54, 1.807) is 24.4 Å². The summed E-state index contributed by atoms with van der Waals surface area (Å²) in [5.41, 5.74) is 0.611. The van der Waals surface area contributed by atoms with Crippen molar-refractivity contribution in [3.63, 3.8) is 0 Å². The zero-order chi connectivity index (χ0) is 13.1. The molecule has 0 radical (unpaired) electrons. The summed E-state index contributed by atoms with van der Waals surface area (Å²) >= 11 is 1.34. The molecule has 2 aromatic rings. The second-order valence-corrected chi connectivity index (χ2v) is 4.87. The molecule has 7 heteroatoms. The maximum absolute atomic E-state index is 12.1. The molecule has 1 N–H and O–H groups in total. The molecule has 6 nitrogen and oxygen atoms in total. The van der Waals surface area contributed by atoms with E-state index in [9.17, 15) is 4.79 Å². The van der Waals surface area contributed by atoms with Gasteiger partial charge in [-0.05, 0) is 18.2 Å². The van der Waals surface area contributed by atoms with Gasteiger partial charge in [-0.25, -0.2) is 0 Å². The van der Waals surface area contributed by atoms with Gasteiger partial charge in [-0.1, -0.05) is 11.8 Å². The summed E-state index contributed by atoms with van der Waals surface area (Å²) in [5, 5.41) is 10.8. The highest BCUT2D eigenvalue weighted by Gasteiger charge is 2.15. The van der Waals surface area contributed by atoms with Crippen molar-refractivity contribution in [1.29, 1.82) is 0 Å². The van der Waals surface area contributed by atoms with Gasteiger partial charge in [0.2, 0.25) is 0 Å². The zero-order valence-corrected chi connectivity index (χ0v) is 10.8. The highest BCUT2D eigenvalue weighted by atomic mass is 32.2. The number of hydrogen-bond donors (Lipinski definition) is 1.